The molecule has 108 valence electrons. The fourth-order valence-electron chi connectivity index (χ4n) is 2.65. The Labute approximate surface area is 132 Å². The van der Waals surface area contributed by atoms with Crippen LogP contribution in [0.1, 0.15) is 34.8 Å². The van der Waals surface area contributed by atoms with Gasteiger partial charge in [0.15, 0.2) is 0 Å². The van der Waals surface area contributed by atoms with Crippen LogP contribution < -0.4 is 0 Å². The van der Waals surface area contributed by atoms with Gasteiger partial charge in [-0.1, -0.05) is 23.2 Å². The number of hydrogen-bond acceptors (Lipinski definition) is 3. The monoisotopic (exact) mass is 321 g/mol. The number of pyridine rings is 2. The zero-order chi connectivity index (χ0) is 14.8. The topological polar surface area (TPSA) is 46.1 Å². The van der Waals surface area contributed by atoms with Crippen LogP contribution >= 0.6 is 23.2 Å². The van der Waals surface area contributed by atoms with Crippen molar-refractivity contribution >= 4 is 29.1 Å². The summed E-state index contributed by atoms with van der Waals surface area (Å²) in [6, 6.07) is 5.54. The van der Waals surface area contributed by atoms with Crippen LogP contribution in [-0.4, -0.2) is 27.3 Å². The lowest BCUT2D eigenvalue weighted by atomic mass is 10.1. The van der Waals surface area contributed by atoms with Gasteiger partial charge in [-0.05, 0) is 36.6 Å². The van der Waals surface area contributed by atoms with E-state index in [4.69, 9.17) is 23.2 Å². The largest absolute Gasteiger partial charge is 0.332 e. The number of carbonyl (C=O) groups excluding carboxylic acids is 1. The first-order valence-electron chi connectivity index (χ1n) is 6.69. The zero-order valence-corrected chi connectivity index (χ0v) is 12.7. The van der Waals surface area contributed by atoms with Crippen LogP contribution in [0.25, 0.3) is 0 Å². The average Bonchev–Trinajstić information content (AvgIpc) is 2.99. The lowest BCUT2D eigenvalue weighted by molar-refractivity contribution is 0.0735. The molecule has 1 amide bonds. The van der Waals surface area contributed by atoms with E-state index in [0.717, 1.165) is 24.9 Å². The highest BCUT2D eigenvalue weighted by atomic mass is 35.5. The van der Waals surface area contributed by atoms with Crippen molar-refractivity contribution in [1.82, 2.24) is 14.9 Å². The van der Waals surface area contributed by atoms with E-state index in [9.17, 15) is 4.79 Å². The summed E-state index contributed by atoms with van der Waals surface area (Å²) in [5.74, 6) is -0.0691. The molecule has 0 aliphatic carbocycles. The molecule has 1 saturated heterocycles. The molecule has 0 radical (unpaired) electrons. The second kappa shape index (κ2) is 6.00. The van der Waals surface area contributed by atoms with Crippen LogP contribution in [0.4, 0.5) is 0 Å². The third-order valence-electron chi connectivity index (χ3n) is 3.65. The van der Waals surface area contributed by atoms with Gasteiger partial charge in [-0.25, -0.2) is 4.98 Å². The number of rotatable bonds is 2. The van der Waals surface area contributed by atoms with E-state index in [1.54, 1.807) is 18.5 Å². The molecule has 1 aliphatic rings. The van der Waals surface area contributed by atoms with Gasteiger partial charge in [-0.2, -0.15) is 0 Å². The Bertz CT molecular complexity index is 663. The summed E-state index contributed by atoms with van der Waals surface area (Å²) < 4.78 is 0. The van der Waals surface area contributed by atoms with E-state index in [-0.39, 0.29) is 17.1 Å². The third kappa shape index (κ3) is 2.87. The Kier molecular flexibility index (Phi) is 4.08. The molecular weight excluding hydrogens is 309 g/mol. The quantitative estimate of drug-likeness (QED) is 0.791. The summed E-state index contributed by atoms with van der Waals surface area (Å²) in [4.78, 5) is 22.5. The fourth-order valence-corrected chi connectivity index (χ4v) is 2.92. The Hall–Kier alpha value is -1.65. The molecule has 4 nitrogen and oxygen atoms in total. The number of nitrogens with zero attached hydrogens (tertiary/aromatic N) is 3. The zero-order valence-electron chi connectivity index (χ0n) is 11.2. The van der Waals surface area contributed by atoms with E-state index in [1.165, 1.54) is 6.20 Å². The standard InChI is InChI=1S/C15H13Cl2N3O/c16-12-8-11(9-19-14(12)17)15(21)20-7-1-2-13(20)10-3-5-18-6-4-10/h3-6,8-9,13H,1-2,7H2. The van der Waals surface area contributed by atoms with Gasteiger partial charge in [0, 0.05) is 25.1 Å². The van der Waals surface area contributed by atoms with Gasteiger partial charge < -0.3 is 4.90 Å². The third-order valence-corrected chi connectivity index (χ3v) is 4.33. The SMILES string of the molecule is O=C(c1cnc(Cl)c(Cl)c1)N1CCCC1c1ccncc1. The number of carbonyl (C=O) groups is 1. The highest BCUT2D eigenvalue weighted by Crippen LogP contribution is 2.33. The first-order valence-corrected chi connectivity index (χ1v) is 7.44. The maximum Gasteiger partial charge on any atom is 0.255 e. The van der Waals surface area contributed by atoms with Gasteiger partial charge >= 0.3 is 0 Å². The summed E-state index contributed by atoms with van der Waals surface area (Å²) in [6.45, 7) is 0.728. The van der Waals surface area contributed by atoms with Crippen LogP contribution in [0.15, 0.2) is 36.8 Å². The molecule has 2 aromatic heterocycles. The molecule has 3 heterocycles. The van der Waals surface area contributed by atoms with E-state index in [1.807, 2.05) is 17.0 Å². The van der Waals surface area contributed by atoms with Crippen molar-refractivity contribution in [3.05, 3.63) is 58.1 Å². The Morgan fingerprint density at radius 3 is 2.76 bits per heavy atom. The molecule has 0 saturated carbocycles. The van der Waals surface area contributed by atoms with Gasteiger partial charge in [0.05, 0.1) is 16.6 Å². The minimum Gasteiger partial charge on any atom is -0.332 e. The van der Waals surface area contributed by atoms with E-state index < -0.39 is 0 Å². The summed E-state index contributed by atoms with van der Waals surface area (Å²) >= 11 is 11.7. The van der Waals surface area contributed by atoms with Gasteiger partial charge in [-0.3, -0.25) is 9.78 Å². The Morgan fingerprint density at radius 2 is 2.05 bits per heavy atom. The summed E-state index contributed by atoms with van der Waals surface area (Å²) in [5.41, 5.74) is 1.56. The highest BCUT2D eigenvalue weighted by molar-refractivity contribution is 6.41. The molecule has 1 atom stereocenters. The van der Waals surface area contributed by atoms with Gasteiger partial charge in [0.25, 0.3) is 5.91 Å². The number of hydrogen-bond donors (Lipinski definition) is 0. The summed E-state index contributed by atoms with van der Waals surface area (Å²) in [5, 5.41) is 0.502. The fraction of sp³-hybridized carbons (Fsp3) is 0.267. The van der Waals surface area contributed by atoms with Crippen LogP contribution in [0.3, 0.4) is 0 Å². The van der Waals surface area contributed by atoms with Crippen LogP contribution in [-0.2, 0) is 0 Å². The molecular formula is C15H13Cl2N3O. The van der Waals surface area contributed by atoms with Gasteiger partial charge in [0.1, 0.15) is 5.15 Å². The van der Waals surface area contributed by atoms with Crippen LogP contribution in [0, 0.1) is 0 Å². The minimum atomic E-state index is -0.0691. The van der Waals surface area contributed by atoms with E-state index in [2.05, 4.69) is 9.97 Å². The number of halogens is 2. The number of likely N-dealkylation sites (tertiary alicyclic amines) is 1. The lowest BCUT2D eigenvalue weighted by Gasteiger charge is -2.25. The molecule has 1 aliphatic heterocycles. The van der Waals surface area contributed by atoms with Crippen molar-refractivity contribution in [3.63, 3.8) is 0 Å². The van der Waals surface area contributed by atoms with Crippen LogP contribution in [0.2, 0.25) is 10.2 Å². The highest BCUT2D eigenvalue weighted by Gasteiger charge is 2.30. The van der Waals surface area contributed by atoms with Crippen molar-refractivity contribution in [2.45, 2.75) is 18.9 Å². The molecule has 6 heteroatoms. The van der Waals surface area contributed by atoms with Gasteiger partial charge in [0.2, 0.25) is 0 Å². The molecule has 0 spiro atoms. The normalized spacial score (nSPS) is 18.0. The first-order chi connectivity index (χ1) is 10.2. The minimum absolute atomic E-state index is 0.0691. The van der Waals surface area contributed by atoms with Crippen molar-refractivity contribution in [3.8, 4) is 0 Å². The second-order valence-electron chi connectivity index (χ2n) is 4.93. The molecule has 3 rings (SSSR count). The summed E-state index contributed by atoms with van der Waals surface area (Å²) in [7, 11) is 0. The van der Waals surface area contributed by atoms with Crippen LogP contribution in [0.5, 0.6) is 0 Å². The molecule has 1 fully saturated rings. The van der Waals surface area contributed by atoms with Crippen molar-refractivity contribution in [2.75, 3.05) is 6.54 Å². The average molecular weight is 322 g/mol. The van der Waals surface area contributed by atoms with Crippen molar-refractivity contribution in [2.24, 2.45) is 0 Å². The smallest absolute Gasteiger partial charge is 0.255 e. The summed E-state index contributed by atoms with van der Waals surface area (Å²) in [6.07, 6.45) is 6.89. The second-order valence-corrected chi connectivity index (χ2v) is 5.70. The van der Waals surface area contributed by atoms with E-state index in [0.29, 0.717) is 10.6 Å². The molecule has 21 heavy (non-hydrogen) atoms. The van der Waals surface area contributed by atoms with Gasteiger partial charge in [-0.15, -0.1) is 0 Å². The number of amides is 1. The maximum absolute atomic E-state index is 12.7. The molecule has 2 aromatic rings. The molecule has 0 N–H and O–H groups in total. The maximum atomic E-state index is 12.7. The molecule has 0 bridgehead atoms. The Balaban J connectivity index is 1.88. The Morgan fingerprint density at radius 1 is 1.29 bits per heavy atom. The van der Waals surface area contributed by atoms with E-state index >= 15 is 0 Å². The molecule has 0 aromatic carbocycles. The first kappa shape index (κ1) is 14.3. The van der Waals surface area contributed by atoms with Crippen molar-refractivity contribution in [1.29, 1.82) is 0 Å². The number of aromatic nitrogens is 2. The van der Waals surface area contributed by atoms with Crippen molar-refractivity contribution < 1.29 is 4.79 Å². The predicted molar refractivity (Wildman–Crippen MR) is 81.5 cm³/mol. The molecule has 1 unspecified atom stereocenters. The predicted octanol–water partition coefficient (Wildman–Crippen LogP) is 3.76. The lowest BCUT2D eigenvalue weighted by Crippen LogP contribution is -2.30.